The van der Waals surface area contributed by atoms with Gasteiger partial charge in [0.25, 0.3) is 0 Å². The van der Waals surface area contributed by atoms with Gasteiger partial charge in [0.1, 0.15) is 0 Å². The number of nitrogens with one attached hydrogen (secondary N) is 2. The number of hydrogen-bond donors (Lipinski definition) is 2. The predicted octanol–water partition coefficient (Wildman–Crippen LogP) is 1.88. The zero-order chi connectivity index (χ0) is 12.6. The quantitative estimate of drug-likeness (QED) is 0.687. The third-order valence-corrected chi connectivity index (χ3v) is 3.49. The first-order valence-corrected chi connectivity index (χ1v) is 7.31. The topological polar surface area (TPSA) is 41.1 Å². The van der Waals surface area contributed by atoms with Crippen molar-refractivity contribution in [2.75, 3.05) is 25.1 Å². The largest absolute Gasteiger partial charge is 0.350 e. The van der Waals surface area contributed by atoms with Crippen molar-refractivity contribution in [2.24, 2.45) is 5.92 Å². The van der Waals surface area contributed by atoms with Gasteiger partial charge < -0.3 is 10.6 Å². The molecule has 0 fully saturated rings. The summed E-state index contributed by atoms with van der Waals surface area (Å²) >= 11 is 1.84. The molecule has 1 amide bonds. The van der Waals surface area contributed by atoms with E-state index in [4.69, 9.17) is 0 Å². The zero-order valence-corrected chi connectivity index (χ0v) is 12.0. The molecule has 0 spiro atoms. The molecular weight excluding hydrogens is 220 g/mol. The molecule has 16 heavy (non-hydrogen) atoms. The van der Waals surface area contributed by atoms with Crippen molar-refractivity contribution in [3.63, 3.8) is 0 Å². The Kier molecular flexibility index (Phi) is 7.85. The molecule has 3 nitrogen and oxygen atoms in total. The van der Waals surface area contributed by atoms with E-state index in [9.17, 15) is 4.79 Å². The Hall–Kier alpha value is -0.220. The summed E-state index contributed by atoms with van der Waals surface area (Å²) in [4.78, 5) is 11.6. The zero-order valence-electron chi connectivity index (χ0n) is 11.2. The van der Waals surface area contributed by atoms with E-state index < -0.39 is 0 Å². The second kappa shape index (κ2) is 7.96. The minimum atomic E-state index is -0.0936. The highest BCUT2D eigenvalue weighted by Crippen LogP contribution is 2.06. The van der Waals surface area contributed by atoms with Gasteiger partial charge in [-0.05, 0) is 44.7 Å². The van der Waals surface area contributed by atoms with Gasteiger partial charge in [-0.15, -0.1) is 0 Å². The standard InChI is InChI=1S/C12H26N2OS/c1-6-12(3,4)14-11(15)8-13-7-10(2)9-16-5/h10,13H,6-9H2,1-5H3,(H,14,15). The smallest absolute Gasteiger partial charge is 0.234 e. The van der Waals surface area contributed by atoms with Crippen LogP contribution in [0.25, 0.3) is 0 Å². The van der Waals surface area contributed by atoms with Crippen LogP contribution in [0.5, 0.6) is 0 Å². The number of amides is 1. The highest BCUT2D eigenvalue weighted by Gasteiger charge is 2.17. The Balaban J connectivity index is 3.66. The van der Waals surface area contributed by atoms with E-state index in [1.54, 1.807) is 0 Å². The fourth-order valence-electron chi connectivity index (χ4n) is 1.29. The van der Waals surface area contributed by atoms with Crippen molar-refractivity contribution < 1.29 is 4.79 Å². The lowest BCUT2D eigenvalue weighted by Gasteiger charge is -2.24. The summed E-state index contributed by atoms with van der Waals surface area (Å²) in [7, 11) is 0. The van der Waals surface area contributed by atoms with E-state index in [1.165, 1.54) is 0 Å². The Morgan fingerprint density at radius 1 is 1.44 bits per heavy atom. The SMILES string of the molecule is CCC(C)(C)NC(=O)CNCC(C)CSC. The van der Waals surface area contributed by atoms with E-state index in [1.807, 2.05) is 25.6 Å². The van der Waals surface area contributed by atoms with Gasteiger partial charge in [-0.3, -0.25) is 4.79 Å². The normalized spacial score (nSPS) is 13.6. The lowest BCUT2D eigenvalue weighted by molar-refractivity contribution is -0.121. The average molecular weight is 246 g/mol. The lowest BCUT2D eigenvalue weighted by Crippen LogP contribution is -2.46. The fraction of sp³-hybridized carbons (Fsp3) is 0.917. The summed E-state index contributed by atoms with van der Waals surface area (Å²) in [6, 6.07) is 0. The highest BCUT2D eigenvalue weighted by molar-refractivity contribution is 7.98. The molecule has 2 N–H and O–H groups in total. The van der Waals surface area contributed by atoms with Gasteiger partial charge in [-0.2, -0.15) is 11.8 Å². The van der Waals surface area contributed by atoms with Crippen LogP contribution in [0.1, 0.15) is 34.1 Å². The van der Waals surface area contributed by atoms with Gasteiger partial charge in [0, 0.05) is 5.54 Å². The molecule has 0 saturated carbocycles. The van der Waals surface area contributed by atoms with E-state index in [-0.39, 0.29) is 11.4 Å². The summed E-state index contributed by atoms with van der Waals surface area (Å²) < 4.78 is 0. The van der Waals surface area contributed by atoms with Gasteiger partial charge in [0.15, 0.2) is 0 Å². The van der Waals surface area contributed by atoms with Crippen molar-refractivity contribution in [2.45, 2.75) is 39.7 Å². The first-order valence-electron chi connectivity index (χ1n) is 5.92. The van der Waals surface area contributed by atoms with Crippen LogP contribution in [0.15, 0.2) is 0 Å². The summed E-state index contributed by atoms with van der Waals surface area (Å²) in [5, 5.41) is 6.20. The van der Waals surface area contributed by atoms with E-state index in [0.717, 1.165) is 18.7 Å². The molecule has 0 rings (SSSR count). The third kappa shape index (κ3) is 7.99. The molecule has 0 radical (unpaired) electrons. The van der Waals surface area contributed by atoms with Crippen molar-refractivity contribution in [1.29, 1.82) is 0 Å². The van der Waals surface area contributed by atoms with Crippen LogP contribution >= 0.6 is 11.8 Å². The minimum absolute atomic E-state index is 0.0863. The number of rotatable bonds is 8. The maximum atomic E-state index is 11.6. The predicted molar refractivity (Wildman–Crippen MR) is 72.9 cm³/mol. The molecule has 1 atom stereocenters. The molecule has 0 aliphatic carbocycles. The maximum absolute atomic E-state index is 11.6. The van der Waals surface area contributed by atoms with Crippen LogP contribution in [0, 0.1) is 5.92 Å². The van der Waals surface area contributed by atoms with Gasteiger partial charge in [-0.1, -0.05) is 13.8 Å². The second-order valence-electron chi connectivity index (χ2n) is 4.98. The van der Waals surface area contributed by atoms with Gasteiger partial charge in [0.05, 0.1) is 6.54 Å². The lowest BCUT2D eigenvalue weighted by atomic mass is 10.0. The molecule has 0 saturated heterocycles. The van der Waals surface area contributed by atoms with Crippen molar-refractivity contribution in [3.8, 4) is 0 Å². The average Bonchev–Trinajstić information content (AvgIpc) is 2.17. The summed E-state index contributed by atoms with van der Waals surface area (Å²) in [5.74, 6) is 1.83. The van der Waals surface area contributed by atoms with E-state index >= 15 is 0 Å². The third-order valence-electron chi connectivity index (χ3n) is 2.59. The van der Waals surface area contributed by atoms with Crippen molar-refractivity contribution in [1.82, 2.24) is 10.6 Å². The first kappa shape index (κ1) is 15.8. The van der Waals surface area contributed by atoms with Crippen LogP contribution in [0.4, 0.5) is 0 Å². The molecule has 0 heterocycles. The molecule has 0 aliphatic heterocycles. The number of carbonyl (C=O) groups excluding carboxylic acids is 1. The summed E-state index contributed by atoms with van der Waals surface area (Å²) in [5.41, 5.74) is -0.0936. The summed E-state index contributed by atoms with van der Waals surface area (Å²) in [6.45, 7) is 9.68. The summed E-state index contributed by atoms with van der Waals surface area (Å²) in [6.07, 6.45) is 3.05. The minimum Gasteiger partial charge on any atom is -0.350 e. The van der Waals surface area contributed by atoms with E-state index in [0.29, 0.717) is 12.5 Å². The van der Waals surface area contributed by atoms with Crippen molar-refractivity contribution in [3.05, 3.63) is 0 Å². The monoisotopic (exact) mass is 246 g/mol. The Labute approximate surface area is 104 Å². The molecule has 4 heteroatoms. The van der Waals surface area contributed by atoms with Crippen LogP contribution in [-0.4, -0.2) is 36.5 Å². The maximum Gasteiger partial charge on any atom is 0.234 e. The Bertz CT molecular complexity index is 207. The van der Waals surface area contributed by atoms with E-state index in [2.05, 4.69) is 30.7 Å². The van der Waals surface area contributed by atoms with Crippen LogP contribution in [0.2, 0.25) is 0 Å². The number of thioether (sulfide) groups is 1. The molecule has 0 aromatic rings. The number of hydrogen-bond acceptors (Lipinski definition) is 3. The van der Waals surface area contributed by atoms with Crippen LogP contribution in [0.3, 0.4) is 0 Å². The van der Waals surface area contributed by atoms with Crippen LogP contribution in [-0.2, 0) is 4.79 Å². The Morgan fingerprint density at radius 3 is 2.56 bits per heavy atom. The highest BCUT2D eigenvalue weighted by atomic mass is 32.2. The second-order valence-corrected chi connectivity index (χ2v) is 5.89. The molecule has 1 unspecified atom stereocenters. The number of carbonyl (C=O) groups is 1. The van der Waals surface area contributed by atoms with Gasteiger partial charge in [0.2, 0.25) is 5.91 Å². The molecule has 0 bridgehead atoms. The van der Waals surface area contributed by atoms with Gasteiger partial charge in [-0.25, -0.2) is 0 Å². The molecule has 0 aromatic carbocycles. The van der Waals surface area contributed by atoms with Gasteiger partial charge >= 0.3 is 0 Å². The first-order chi connectivity index (χ1) is 7.41. The molecule has 96 valence electrons. The molecule has 0 aromatic heterocycles. The van der Waals surface area contributed by atoms with Crippen LogP contribution < -0.4 is 10.6 Å². The fourth-order valence-corrected chi connectivity index (χ4v) is 1.97. The molecule has 0 aliphatic rings. The molecular formula is C12H26N2OS. The van der Waals surface area contributed by atoms with Crippen molar-refractivity contribution >= 4 is 17.7 Å². The Morgan fingerprint density at radius 2 is 2.06 bits per heavy atom.